The van der Waals surface area contributed by atoms with Crippen molar-refractivity contribution in [1.29, 1.82) is 0 Å². The monoisotopic (exact) mass is 196 g/mol. The number of carbonyl (C=O) groups excluding carboxylic acids is 1. The first-order chi connectivity index (χ1) is 6.72. The Morgan fingerprint density at radius 1 is 1.43 bits per heavy atom. The van der Waals surface area contributed by atoms with Crippen molar-refractivity contribution < 1.29 is 4.79 Å². The van der Waals surface area contributed by atoms with Gasteiger partial charge in [-0.25, -0.2) is 0 Å². The molecule has 2 rings (SSSR count). The molecule has 3 nitrogen and oxygen atoms in total. The summed E-state index contributed by atoms with van der Waals surface area (Å²) in [6.07, 6.45) is 4.74. The lowest BCUT2D eigenvalue weighted by Gasteiger charge is -2.20. The van der Waals surface area contributed by atoms with Crippen LogP contribution in [0.3, 0.4) is 0 Å². The fourth-order valence-corrected chi connectivity index (χ4v) is 2.82. The molecular formula is C11H20N2O. The highest BCUT2D eigenvalue weighted by Gasteiger charge is 2.38. The molecule has 2 N–H and O–H groups in total. The van der Waals surface area contributed by atoms with E-state index in [4.69, 9.17) is 5.73 Å². The maximum Gasteiger partial charge on any atom is 0.239 e. The number of likely N-dealkylation sites (tertiary alicyclic amines) is 1. The van der Waals surface area contributed by atoms with Gasteiger partial charge in [-0.05, 0) is 31.1 Å². The van der Waals surface area contributed by atoms with E-state index < -0.39 is 0 Å². The number of nitrogens with two attached hydrogens (primary N) is 1. The van der Waals surface area contributed by atoms with Crippen molar-refractivity contribution in [3.05, 3.63) is 0 Å². The molecule has 80 valence electrons. The maximum absolute atomic E-state index is 11.8. The molecule has 0 bridgehead atoms. The van der Waals surface area contributed by atoms with Crippen LogP contribution < -0.4 is 5.73 Å². The van der Waals surface area contributed by atoms with E-state index in [1.807, 2.05) is 11.8 Å². The Labute approximate surface area is 85.6 Å². The SMILES string of the molecule is CC[C@@H](N)C(=O)N1CC2CCCC2C1. The van der Waals surface area contributed by atoms with Gasteiger partial charge in [0.2, 0.25) is 5.91 Å². The maximum atomic E-state index is 11.8. The van der Waals surface area contributed by atoms with E-state index in [9.17, 15) is 4.79 Å². The van der Waals surface area contributed by atoms with Crippen molar-refractivity contribution in [2.45, 2.75) is 38.6 Å². The lowest BCUT2D eigenvalue weighted by Crippen LogP contribution is -2.42. The van der Waals surface area contributed by atoms with Gasteiger partial charge in [-0.2, -0.15) is 0 Å². The average Bonchev–Trinajstić information content (AvgIpc) is 2.74. The third-order valence-electron chi connectivity index (χ3n) is 3.79. The molecule has 3 atom stereocenters. The average molecular weight is 196 g/mol. The first-order valence-electron chi connectivity index (χ1n) is 5.76. The van der Waals surface area contributed by atoms with E-state index in [1.54, 1.807) is 0 Å². The number of nitrogens with zero attached hydrogens (tertiary/aromatic N) is 1. The van der Waals surface area contributed by atoms with Crippen molar-refractivity contribution in [1.82, 2.24) is 4.90 Å². The van der Waals surface area contributed by atoms with E-state index in [0.717, 1.165) is 31.3 Å². The summed E-state index contributed by atoms with van der Waals surface area (Å²) in [5, 5.41) is 0. The highest BCUT2D eigenvalue weighted by Crippen LogP contribution is 2.37. The summed E-state index contributed by atoms with van der Waals surface area (Å²) in [5.74, 6) is 1.73. The number of amides is 1. The first-order valence-corrected chi connectivity index (χ1v) is 5.76. The summed E-state index contributed by atoms with van der Waals surface area (Å²) in [6.45, 7) is 3.91. The quantitative estimate of drug-likeness (QED) is 0.715. The van der Waals surface area contributed by atoms with Gasteiger partial charge in [0.15, 0.2) is 0 Å². The molecule has 1 saturated heterocycles. The zero-order valence-corrected chi connectivity index (χ0v) is 8.91. The molecule has 1 aliphatic carbocycles. The summed E-state index contributed by atoms with van der Waals surface area (Å²) >= 11 is 0. The fraction of sp³-hybridized carbons (Fsp3) is 0.909. The molecule has 0 aromatic heterocycles. The molecule has 3 heteroatoms. The summed E-state index contributed by atoms with van der Waals surface area (Å²) in [6, 6.07) is -0.270. The van der Waals surface area contributed by atoms with Gasteiger partial charge in [0.25, 0.3) is 0 Å². The Bertz CT molecular complexity index is 217. The lowest BCUT2D eigenvalue weighted by molar-refractivity contribution is -0.131. The molecule has 0 aromatic carbocycles. The van der Waals surface area contributed by atoms with Crippen molar-refractivity contribution >= 4 is 5.91 Å². The zero-order chi connectivity index (χ0) is 10.1. The molecule has 1 amide bonds. The second-order valence-electron chi connectivity index (χ2n) is 4.71. The van der Waals surface area contributed by atoms with Crippen LogP contribution in [0.2, 0.25) is 0 Å². The highest BCUT2D eigenvalue weighted by atomic mass is 16.2. The van der Waals surface area contributed by atoms with Gasteiger partial charge >= 0.3 is 0 Å². The molecule has 1 saturated carbocycles. The molecule has 0 spiro atoms. The lowest BCUT2D eigenvalue weighted by atomic mass is 10.0. The molecule has 0 aromatic rings. The van der Waals surface area contributed by atoms with E-state index in [1.165, 1.54) is 19.3 Å². The molecule has 2 aliphatic rings. The van der Waals surface area contributed by atoms with E-state index in [0.29, 0.717) is 0 Å². The Kier molecular flexibility index (Phi) is 2.77. The van der Waals surface area contributed by atoms with Crippen molar-refractivity contribution in [2.24, 2.45) is 17.6 Å². The largest absolute Gasteiger partial charge is 0.341 e. The van der Waals surface area contributed by atoms with Gasteiger partial charge < -0.3 is 10.6 Å². The molecular weight excluding hydrogens is 176 g/mol. The van der Waals surface area contributed by atoms with Gasteiger partial charge in [0.1, 0.15) is 0 Å². The number of hydrogen-bond donors (Lipinski definition) is 1. The van der Waals surface area contributed by atoms with Crippen LogP contribution in [0.4, 0.5) is 0 Å². The van der Waals surface area contributed by atoms with Crippen LogP contribution >= 0.6 is 0 Å². The summed E-state index contributed by atoms with van der Waals surface area (Å²) < 4.78 is 0. The fourth-order valence-electron chi connectivity index (χ4n) is 2.82. The number of rotatable bonds is 2. The third kappa shape index (κ3) is 1.65. The van der Waals surface area contributed by atoms with Crippen LogP contribution in [0.15, 0.2) is 0 Å². The number of hydrogen-bond acceptors (Lipinski definition) is 2. The van der Waals surface area contributed by atoms with Crippen LogP contribution in [0, 0.1) is 11.8 Å². The van der Waals surface area contributed by atoms with Gasteiger partial charge in [0.05, 0.1) is 6.04 Å². The molecule has 14 heavy (non-hydrogen) atoms. The van der Waals surface area contributed by atoms with Crippen molar-refractivity contribution in [3.8, 4) is 0 Å². The predicted octanol–water partition coefficient (Wildman–Crippen LogP) is 0.982. The van der Waals surface area contributed by atoms with E-state index >= 15 is 0 Å². The molecule has 1 heterocycles. The number of carbonyl (C=O) groups is 1. The van der Waals surface area contributed by atoms with Crippen LogP contribution in [0.25, 0.3) is 0 Å². The zero-order valence-electron chi connectivity index (χ0n) is 8.91. The standard InChI is InChI=1S/C11H20N2O/c1-2-10(12)11(14)13-6-8-4-3-5-9(8)7-13/h8-10H,2-7,12H2,1H3/t8?,9?,10-/m1/s1. The smallest absolute Gasteiger partial charge is 0.239 e. The van der Waals surface area contributed by atoms with Crippen molar-refractivity contribution in [2.75, 3.05) is 13.1 Å². The highest BCUT2D eigenvalue weighted by molar-refractivity contribution is 5.81. The van der Waals surface area contributed by atoms with Gasteiger partial charge in [0, 0.05) is 13.1 Å². The Morgan fingerprint density at radius 3 is 2.50 bits per heavy atom. The van der Waals surface area contributed by atoms with Crippen LogP contribution in [0.5, 0.6) is 0 Å². The molecule has 2 fully saturated rings. The minimum Gasteiger partial charge on any atom is -0.341 e. The minimum absolute atomic E-state index is 0.168. The Balaban J connectivity index is 1.92. The van der Waals surface area contributed by atoms with Gasteiger partial charge in [-0.3, -0.25) is 4.79 Å². The Hall–Kier alpha value is -0.570. The molecule has 2 unspecified atom stereocenters. The van der Waals surface area contributed by atoms with E-state index in [2.05, 4.69) is 0 Å². The summed E-state index contributed by atoms with van der Waals surface area (Å²) in [4.78, 5) is 13.8. The number of fused-ring (bicyclic) bond motifs is 1. The summed E-state index contributed by atoms with van der Waals surface area (Å²) in [7, 11) is 0. The Morgan fingerprint density at radius 2 is 2.00 bits per heavy atom. The molecule has 1 aliphatic heterocycles. The van der Waals surface area contributed by atoms with Gasteiger partial charge in [-0.15, -0.1) is 0 Å². The second kappa shape index (κ2) is 3.89. The minimum atomic E-state index is -0.270. The predicted molar refractivity (Wildman–Crippen MR) is 55.7 cm³/mol. The third-order valence-corrected chi connectivity index (χ3v) is 3.79. The van der Waals surface area contributed by atoms with Crippen molar-refractivity contribution in [3.63, 3.8) is 0 Å². The first kappa shape index (κ1) is 9.97. The van der Waals surface area contributed by atoms with Crippen LogP contribution in [-0.4, -0.2) is 29.9 Å². The van der Waals surface area contributed by atoms with Crippen LogP contribution in [-0.2, 0) is 4.79 Å². The van der Waals surface area contributed by atoms with Crippen LogP contribution in [0.1, 0.15) is 32.6 Å². The van der Waals surface area contributed by atoms with E-state index in [-0.39, 0.29) is 11.9 Å². The second-order valence-corrected chi connectivity index (χ2v) is 4.71. The topological polar surface area (TPSA) is 46.3 Å². The normalized spacial score (nSPS) is 33.1. The van der Waals surface area contributed by atoms with Gasteiger partial charge in [-0.1, -0.05) is 13.3 Å². The summed E-state index contributed by atoms with van der Waals surface area (Å²) in [5.41, 5.74) is 5.76. The molecule has 0 radical (unpaired) electrons.